The van der Waals surface area contributed by atoms with Gasteiger partial charge in [-0.05, 0) is 5.11 Å². The third-order valence-electron chi connectivity index (χ3n) is 6.55. The standard InChI is InChI=1S/C20H36N2O17/c1-22(33)21-5-35-19-16(32)17(39-20-15(31)13(29)10(26)7(3-24)37-20)11(27)8(38-19)4-34-18-14(30)12(28)9(25)6(2-23)36-18/h6-20,23-32H,2-5H2,1H3/b22-21-/t6-,7-,8-,9-,10-,11-,12+,13+,14-,15-,16-,17+,18-,19-,20+/m1/s1. The van der Waals surface area contributed by atoms with E-state index in [1.54, 1.807) is 0 Å². The molecule has 3 fully saturated rings. The Labute approximate surface area is 221 Å². The van der Waals surface area contributed by atoms with Gasteiger partial charge in [-0.1, -0.05) is 4.86 Å². The molecule has 228 valence electrons. The zero-order chi connectivity index (χ0) is 29.0. The Morgan fingerprint density at radius 3 is 1.67 bits per heavy atom. The van der Waals surface area contributed by atoms with Crippen LogP contribution < -0.4 is 0 Å². The molecule has 10 N–H and O–H groups in total. The minimum Gasteiger partial charge on any atom is -0.600 e. The van der Waals surface area contributed by atoms with Crippen LogP contribution >= 0.6 is 0 Å². The highest BCUT2D eigenvalue weighted by Crippen LogP contribution is 2.30. The third-order valence-corrected chi connectivity index (χ3v) is 6.55. The highest BCUT2D eigenvalue weighted by Gasteiger charge is 2.52. The van der Waals surface area contributed by atoms with Crippen LogP contribution in [-0.4, -0.2) is 182 Å². The molecule has 0 amide bonds. The topological polar surface area (TPSA) is 296 Å². The van der Waals surface area contributed by atoms with Gasteiger partial charge in [-0.15, -0.1) is 0 Å². The molecule has 0 spiro atoms. The molecule has 0 radical (unpaired) electrons. The molecule has 3 aliphatic heterocycles. The quantitative estimate of drug-likeness (QED) is 0.0656. The van der Waals surface area contributed by atoms with Gasteiger partial charge in [-0.3, -0.25) is 0 Å². The number of hydrogen-bond acceptors (Lipinski definition) is 18. The Balaban J connectivity index is 1.75. The van der Waals surface area contributed by atoms with Crippen LogP contribution in [0, 0.1) is 5.21 Å². The Kier molecular flexibility index (Phi) is 11.7. The smallest absolute Gasteiger partial charge is 0.203 e. The number of aliphatic hydroxyl groups is 10. The summed E-state index contributed by atoms with van der Waals surface area (Å²) in [6, 6.07) is 0. The summed E-state index contributed by atoms with van der Waals surface area (Å²) in [4.78, 5) is 0.172. The lowest BCUT2D eigenvalue weighted by Gasteiger charge is -2.46. The predicted octanol–water partition coefficient (Wildman–Crippen LogP) is -7.00. The van der Waals surface area contributed by atoms with Crippen molar-refractivity contribution in [2.45, 2.75) is 92.1 Å². The Hall–Kier alpha value is -1.24. The third kappa shape index (κ3) is 7.35. The van der Waals surface area contributed by atoms with Crippen LogP contribution in [0.5, 0.6) is 0 Å². The van der Waals surface area contributed by atoms with E-state index in [-0.39, 0.29) is 4.86 Å². The van der Waals surface area contributed by atoms with Crippen molar-refractivity contribution in [3.8, 4) is 0 Å². The first-order chi connectivity index (χ1) is 18.4. The van der Waals surface area contributed by atoms with E-state index < -0.39 is 119 Å². The van der Waals surface area contributed by atoms with E-state index >= 15 is 0 Å². The van der Waals surface area contributed by atoms with Crippen molar-refractivity contribution >= 4 is 0 Å². The molecule has 0 aromatic carbocycles. The van der Waals surface area contributed by atoms with Gasteiger partial charge in [0.1, 0.15) is 73.2 Å². The zero-order valence-corrected chi connectivity index (χ0v) is 20.7. The monoisotopic (exact) mass is 576 g/mol. The van der Waals surface area contributed by atoms with Crippen molar-refractivity contribution in [1.82, 2.24) is 0 Å². The van der Waals surface area contributed by atoms with Gasteiger partial charge in [0.2, 0.25) is 6.73 Å². The number of azo groups is 1. The van der Waals surface area contributed by atoms with E-state index in [4.69, 9.17) is 28.4 Å². The van der Waals surface area contributed by atoms with E-state index in [0.717, 1.165) is 7.05 Å². The summed E-state index contributed by atoms with van der Waals surface area (Å²) >= 11 is 0. The number of aliphatic hydroxyl groups excluding tert-OH is 10. The minimum atomic E-state index is -1.88. The van der Waals surface area contributed by atoms with Crippen LogP contribution in [0.15, 0.2) is 5.11 Å². The summed E-state index contributed by atoms with van der Waals surface area (Å²) < 4.78 is 32.2. The lowest BCUT2D eigenvalue weighted by Crippen LogP contribution is -2.65. The fourth-order valence-corrected chi connectivity index (χ4v) is 4.26. The maximum Gasteiger partial charge on any atom is 0.203 e. The van der Waals surface area contributed by atoms with Crippen molar-refractivity contribution in [1.29, 1.82) is 0 Å². The van der Waals surface area contributed by atoms with Gasteiger partial charge in [-0.2, -0.15) is 0 Å². The molecule has 0 aromatic rings. The van der Waals surface area contributed by atoms with Crippen LogP contribution in [0.3, 0.4) is 0 Å². The van der Waals surface area contributed by atoms with Gasteiger partial charge in [0, 0.05) is 0 Å². The van der Waals surface area contributed by atoms with Crippen LogP contribution in [0.2, 0.25) is 0 Å². The van der Waals surface area contributed by atoms with Crippen molar-refractivity contribution in [3.63, 3.8) is 0 Å². The largest absolute Gasteiger partial charge is 0.600 e. The molecule has 39 heavy (non-hydrogen) atoms. The first kappa shape index (κ1) is 32.3. The van der Waals surface area contributed by atoms with Gasteiger partial charge >= 0.3 is 0 Å². The molecule has 3 heterocycles. The molecular formula is C20H36N2O17. The normalized spacial score (nSPS) is 47.8. The number of ether oxygens (including phenoxy) is 6. The Morgan fingerprint density at radius 1 is 0.641 bits per heavy atom. The molecule has 3 aliphatic rings. The summed E-state index contributed by atoms with van der Waals surface area (Å²) in [5.74, 6) is 0. The van der Waals surface area contributed by atoms with E-state index in [1.807, 2.05) is 0 Å². The van der Waals surface area contributed by atoms with E-state index in [9.17, 15) is 56.3 Å². The molecule has 0 bridgehead atoms. The number of hydroxylamine groups is 1. The zero-order valence-electron chi connectivity index (χ0n) is 20.7. The maximum absolute atomic E-state index is 11.1. The second kappa shape index (κ2) is 14.1. The molecule has 0 saturated carbocycles. The van der Waals surface area contributed by atoms with Crippen LogP contribution in [0.4, 0.5) is 0 Å². The van der Waals surface area contributed by atoms with Crippen molar-refractivity contribution in [2.24, 2.45) is 5.11 Å². The van der Waals surface area contributed by atoms with Crippen LogP contribution in [0.1, 0.15) is 0 Å². The highest BCUT2D eigenvalue weighted by atomic mass is 16.8. The van der Waals surface area contributed by atoms with E-state index in [2.05, 4.69) is 5.11 Å². The van der Waals surface area contributed by atoms with E-state index in [1.165, 1.54) is 0 Å². The number of nitrogens with zero attached hydrogens (tertiary/aromatic N) is 2. The SMILES string of the molecule is C/[N+]([O-])=N/CO[C@@H]1O[C@H](CO[C@@H]2O[C@H](CO)[C@@H](O)[C@H](O)[C@H]2O)[C@@H](O)[C@H](O[C@@H]2O[C@H](CO)[C@@H](O)[C@H](O)[C@H]2O)[C@H]1O. The maximum atomic E-state index is 11.1. The average molecular weight is 577 g/mol. The second-order valence-electron chi connectivity index (χ2n) is 9.25. The van der Waals surface area contributed by atoms with Crippen molar-refractivity contribution < 1.29 is 84.3 Å². The lowest BCUT2D eigenvalue weighted by molar-refractivity contribution is -0.505. The first-order valence-corrected chi connectivity index (χ1v) is 12.0. The molecule has 0 unspecified atom stereocenters. The molecular weight excluding hydrogens is 540 g/mol. The van der Waals surface area contributed by atoms with Crippen LogP contribution in [0.25, 0.3) is 0 Å². The number of rotatable bonds is 10. The van der Waals surface area contributed by atoms with Gasteiger partial charge in [0.25, 0.3) is 0 Å². The highest BCUT2D eigenvalue weighted by molar-refractivity contribution is 4.95. The summed E-state index contributed by atoms with van der Waals surface area (Å²) in [5.41, 5.74) is 0. The summed E-state index contributed by atoms with van der Waals surface area (Å²) in [7, 11) is 1.06. The van der Waals surface area contributed by atoms with Gasteiger partial charge in [-0.25, -0.2) is 0 Å². The fraction of sp³-hybridized carbons (Fsp3) is 1.00. The summed E-state index contributed by atoms with van der Waals surface area (Å²) in [5, 5.41) is 115. The first-order valence-electron chi connectivity index (χ1n) is 12.0. The predicted molar refractivity (Wildman–Crippen MR) is 117 cm³/mol. The van der Waals surface area contributed by atoms with Crippen LogP contribution in [-0.2, 0) is 28.4 Å². The molecule has 3 rings (SSSR count). The molecule has 0 aromatic heterocycles. The molecule has 19 nitrogen and oxygen atoms in total. The Bertz CT molecular complexity index is 787. The van der Waals surface area contributed by atoms with Gasteiger partial charge in [0.05, 0.1) is 19.8 Å². The fourth-order valence-electron chi connectivity index (χ4n) is 4.26. The molecule has 15 atom stereocenters. The molecule has 3 saturated heterocycles. The van der Waals surface area contributed by atoms with E-state index in [0.29, 0.717) is 0 Å². The van der Waals surface area contributed by atoms with Gasteiger partial charge in [0.15, 0.2) is 25.9 Å². The van der Waals surface area contributed by atoms with Gasteiger partial charge < -0.3 is 84.7 Å². The number of hydrogen-bond donors (Lipinski definition) is 10. The molecule has 19 heteroatoms. The minimum absolute atomic E-state index is 0.172. The lowest BCUT2D eigenvalue weighted by atomic mass is 9.97. The molecule has 0 aliphatic carbocycles. The average Bonchev–Trinajstić information content (AvgIpc) is 2.90. The summed E-state index contributed by atoms with van der Waals surface area (Å²) in [6.07, 6.45) is -24.9. The second-order valence-corrected chi connectivity index (χ2v) is 9.25. The van der Waals surface area contributed by atoms with Crippen molar-refractivity contribution in [2.75, 3.05) is 33.6 Å². The van der Waals surface area contributed by atoms with Crippen molar-refractivity contribution in [3.05, 3.63) is 5.21 Å². The Morgan fingerprint density at radius 2 is 1.13 bits per heavy atom. The summed E-state index contributed by atoms with van der Waals surface area (Å²) in [6.45, 7) is -2.72.